The fourth-order valence-electron chi connectivity index (χ4n) is 2.14. The monoisotopic (exact) mass is 230 g/mol. The van der Waals surface area contributed by atoms with E-state index in [4.69, 9.17) is 5.73 Å². The highest BCUT2D eigenvalue weighted by Crippen LogP contribution is 2.15. The van der Waals surface area contributed by atoms with Gasteiger partial charge in [-0.1, -0.05) is 20.8 Å². The summed E-state index contributed by atoms with van der Waals surface area (Å²) in [7, 11) is 2.18. The SMILES string of the molecule is CCC(CC)N(C)CCCC(N)(CC)CO. The largest absolute Gasteiger partial charge is 0.394 e. The molecule has 0 spiro atoms. The summed E-state index contributed by atoms with van der Waals surface area (Å²) in [5, 5.41) is 9.21. The minimum absolute atomic E-state index is 0.0954. The lowest BCUT2D eigenvalue weighted by Crippen LogP contribution is -2.43. The van der Waals surface area contributed by atoms with Gasteiger partial charge >= 0.3 is 0 Å². The van der Waals surface area contributed by atoms with Gasteiger partial charge in [0.2, 0.25) is 0 Å². The molecular weight excluding hydrogens is 200 g/mol. The summed E-state index contributed by atoms with van der Waals surface area (Å²) in [5.74, 6) is 0. The van der Waals surface area contributed by atoms with Crippen LogP contribution in [0.25, 0.3) is 0 Å². The van der Waals surface area contributed by atoms with Crippen LogP contribution < -0.4 is 5.73 Å². The lowest BCUT2D eigenvalue weighted by atomic mass is 9.92. The van der Waals surface area contributed by atoms with Gasteiger partial charge in [-0.25, -0.2) is 0 Å². The van der Waals surface area contributed by atoms with Gasteiger partial charge in [-0.15, -0.1) is 0 Å². The van der Waals surface area contributed by atoms with Crippen molar-refractivity contribution in [1.82, 2.24) is 4.90 Å². The van der Waals surface area contributed by atoms with Crippen LogP contribution >= 0.6 is 0 Å². The highest BCUT2D eigenvalue weighted by molar-refractivity contribution is 4.82. The molecule has 0 aliphatic rings. The summed E-state index contributed by atoms with van der Waals surface area (Å²) in [6, 6.07) is 0.683. The van der Waals surface area contributed by atoms with Crippen LogP contribution in [-0.2, 0) is 0 Å². The zero-order valence-electron chi connectivity index (χ0n) is 11.5. The number of hydrogen-bond donors (Lipinski definition) is 2. The van der Waals surface area contributed by atoms with Crippen LogP contribution in [0.15, 0.2) is 0 Å². The van der Waals surface area contributed by atoms with Crippen LogP contribution in [0.2, 0.25) is 0 Å². The van der Waals surface area contributed by atoms with E-state index in [0.717, 1.165) is 25.8 Å². The van der Waals surface area contributed by atoms with Crippen LogP contribution in [-0.4, -0.2) is 41.8 Å². The lowest BCUT2D eigenvalue weighted by molar-refractivity contribution is 0.166. The van der Waals surface area contributed by atoms with E-state index < -0.39 is 0 Å². The van der Waals surface area contributed by atoms with Crippen molar-refractivity contribution in [2.24, 2.45) is 5.73 Å². The van der Waals surface area contributed by atoms with Crippen LogP contribution in [0.3, 0.4) is 0 Å². The molecule has 3 nitrogen and oxygen atoms in total. The van der Waals surface area contributed by atoms with Crippen molar-refractivity contribution in [1.29, 1.82) is 0 Å². The highest BCUT2D eigenvalue weighted by Gasteiger charge is 2.21. The predicted molar refractivity (Wildman–Crippen MR) is 70.5 cm³/mol. The Bertz CT molecular complexity index is 165. The van der Waals surface area contributed by atoms with Crippen molar-refractivity contribution in [3.63, 3.8) is 0 Å². The number of nitrogens with two attached hydrogens (primary N) is 1. The molecule has 3 heteroatoms. The number of nitrogens with zero attached hydrogens (tertiary/aromatic N) is 1. The van der Waals surface area contributed by atoms with Gasteiger partial charge in [0, 0.05) is 11.6 Å². The van der Waals surface area contributed by atoms with E-state index in [1.54, 1.807) is 0 Å². The topological polar surface area (TPSA) is 49.5 Å². The quantitative estimate of drug-likeness (QED) is 0.637. The van der Waals surface area contributed by atoms with E-state index in [2.05, 4.69) is 25.8 Å². The van der Waals surface area contributed by atoms with Crippen molar-refractivity contribution in [3.05, 3.63) is 0 Å². The Kier molecular flexibility index (Phi) is 7.98. The summed E-state index contributed by atoms with van der Waals surface area (Å²) >= 11 is 0. The summed E-state index contributed by atoms with van der Waals surface area (Å²) in [5.41, 5.74) is 5.69. The molecule has 0 aromatic heterocycles. The minimum atomic E-state index is -0.366. The maximum Gasteiger partial charge on any atom is 0.0611 e. The van der Waals surface area contributed by atoms with E-state index in [1.165, 1.54) is 12.8 Å². The van der Waals surface area contributed by atoms with Crippen molar-refractivity contribution in [2.45, 2.75) is 64.5 Å². The molecule has 0 rings (SSSR count). The second kappa shape index (κ2) is 8.04. The molecule has 1 unspecified atom stereocenters. The zero-order chi connectivity index (χ0) is 12.6. The third-order valence-electron chi connectivity index (χ3n) is 3.77. The molecule has 0 aliphatic heterocycles. The van der Waals surface area contributed by atoms with Gasteiger partial charge in [0.15, 0.2) is 0 Å². The Morgan fingerprint density at radius 1 is 1.25 bits per heavy atom. The van der Waals surface area contributed by atoms with Crippen molar-refractivity contribution in [3.8, 4) is 0 Å². The molecule has 0 bridgehead atoms. The number of hydrogen-bond acceptors (Lipinski definition) is 3. The molecular formula is C13H30N2O. The average Bonchev–Trinajstić information content (AvgIpc) is 2.30. The molecule has 0 heterocycles. The smallest absolute Gasteiger partial charge is 0.0611 e. The minimum Gasteiger partial charge on any atom is -0.394 e. The van der Waals surface area contributed by atoms with Gasteiger partial charge in [-0.05, 0) is 45.7 Å². The first-order valence-electron chi connectivity index (χ1n) is 6.63. The third kappa shape index (κ3) is 5.28. The number of rotatable bonds is 9. The first-order chi connectivity index (χ1) is 7.52. The van der Waals surface area contributed by atoms with Crippen molar-refractivity contribution >= 4 is 0 Å². The molecule has 0 saturated carbocycles. The lowest BCUT2D eigenvalue weighted by Gasteiger charge is -2.29. The van der Waals surface area contributed by atoms with Gasteiger partial charge in [0.1, 0.15) is 0 Å². The molecule has 0 saturated heterocycles. The van der Waals surface area contributed by atoms with E-state index in [-0.39, 0.29) is 12.1 Å². The average molecular weight is 230 g/mol. The third-order valence-corrected chi connectivity index (χ3v) is 3.77. The first-order valence-corrected chi connectivity index (χ1v) is 6.63. The normalized spacial score (nSPS) is 15.8. The van der Waals surface area contributed by atoms with Crippen molar-refractivity contribution in [2.75, 3.05) is 20.2 Å². The van der Waals surface area contributed by atoms with Gasteiger partial charge in [0.25, 0.3) is 0 Å². The number of aliphatic hydroxyl groups is 1. The molecule has 98 valence electrons. The second-order valence-electron chi connectivity index (χ2n) is 4.93. The molecule has 0 fully saturated rings. The molecule has 0 radical (unpaired) electrons. The summed E-state index contributed by atoms with van der Waals surface area (Å²) < 4.78 is 0. The Morgan fingerprint density at radius 3 is 2.19 bits per heavy atom. The van der Waals surface area contributed by atoms with Crippen LogP contribution in [0, 0.1) is 0 Å². The molecule has 16 heavy (non-hydrogen) atoms. The fraction of sp³-hybridized carbons (Fsp3) is 1.00. The van der Waals surface area contributed by atoms with Gasteiger partial charge < -0.3 is 15.7 Å². The molecule has 1 atom stereocenters. The van der Waals surface area contributed by atoms with Crippen LogP contribution in [0.1, 0.15) is 52.9 Å². The van der Waals surface area contributed by atoms with Gasteiger partial charge in [0.05, 0.1) is 6.61 Å². The van der Waals surface area contributed by atoms with Crippen molar-refractivity contribution < 1.29 is 5.11 Å². The summed E-state index contributed by atoms with van der Waals surface area (Å²) in [6.45, 7) is 7.68. The Hall–Kier alpha value is -0.120. The van der Waals surface area contributed by atoms with Crippen LogP contribution in [0.5, 0.6) is 0 Å². The van der Waals surface area contributed by atoms with Gasteiger partial charge in [-0.2, -0.15) is 0 Å². The molecule has 0 amide bonds. The highest BCUT2D eigenvalue weighted by atomic mass is 16.3. The van der Waals surface area contributed by atoms with E-state index in [9.17, 15) is 5.11 Å². The predicted octanol–water partition coefficient (Wildman–Crippen LogP) is 1.99. The second-order valence-corrected chi connectivity index (χ2v) is 4.93. The first kappa shape index (κ1) is 15.9. The van der Waals surface area contributed by atoms with E-state index in [0.29, 0.717) is 6.04 Å². The molecule has 0 aromatic carbocycles. The molecule has 0 aliphatic carbocycles. The Morgan fingerprint density at radius 2 is 1.81 bits per heavy atom. The number of aliphatic hydroxyl groups excluding tert-OH is 1. The van der Waals surface area contributed by atoms with Crippen LogP contribution in [0.4, 0.5) is 0 Å². The molecule has 0 aromatic rings. The maximum atomic E-state index is 9.21. The van der Waals surface area contributed by atoms with Gasteiger partial charge in [-0.3, -0.25) is 0 Å². The zero-order valence-corrected chi connectivity index (χ0v) is 11.5. The summed E-state index contributed by atoms with van der Waals surface area (Å²) in [6.07, 6.45) is 5.23. The Labute approximate surface area is 101 Å². The molecule has 3 N–H and O–H groups in total. The fourth-order valence-corrected chi connectivity index (χ4v) is 2.14. The standard InChI is InChI=1S/C13H30N2O/c1-5-12(6-2)15(4)10-8-9-13(14,7-3)11-16/h12,16H,5-11,14H2,1-4H3. The Balaban J connectivity index is 3.88. The van der Waals surface area contributed by atoms with E-state index >= 15 is 0 Å². The maximum absolute atomic E-state index is 9.21. The van der Waals surface area contributed by atoms with E-state index in [1.807, 2.05) is 6.92 Å². The summed E-state index contributed by atoms with van der Waals surface area (Å²) in [4.78, 5) is 2.41.